The summed E-state index contributed by atoms with van der Waals surface area (Å²) in [6.45, 7) is 11.9. The predicted molar refractivity (Wildman–Crippen MR) is 269 cm³/mol. The van der Waals surface area contributed by atoms with Crippen LogP contribution in [0.1, 0.15) is 193 Å². The van der Waals surface area contributed by atoms with E-state index >= 15 is 0 Å². The highest BCUT2D eigenvalue weighted by Crippen LogP contribution is 2.33. The third kappa shape index (κ3) is 33.1. The highest BCUT2D eigenvalue weighted by molar-refractivity contribution is 5.80. The van der Waals surface area contributed by atoms with E-state index in [9.17, 15) is 9.59 Å². The molecule has 2 N–H and O–H groups in total. The molecular formula is C57H88O8. The van der Waals surface area contributed by atoms with Crippen LogP contribution in [-0.4, -0.2) is 60.8 Å². The monoisotopic (exact) mass is 901 g/mol. The molecule has 8 heteroatoms. The Kier molecular flexibility index (Phi) is 33.3. The number of epoxide rings is 2. The first-order chi connectivity index (χ1) is 31.6. The number of carboxylic acids is 2. The molecule has 2 aliphatic heterocycles. The number of hydrogen-bond acceptors (Lipinski definition) is 6. The molecule has 2 aromatic rings. The summed E-state index contributed by atoms with van der Waals surface area (Å²) in [5.41, 5.74) is 2.42. The van der Waals surface area contributed by atoms with Crippen LogP contribution < -0.4 is 9.47 Å². The second-order valence-electron chi connectivity index (χ2n) is 18.0. The fourth-order valence-corrected chi connectivity index (χ4v) is 7.14. The van der Waals surface area contributed by atoms with Gasteiger partial charge in [0.15, 0.2) is 0 Å². The maximum Gasteiger partial charge on any atom is 0.328 e. The Morgan fingerprint density at radius 1 is 0.554 bits per heavy atom. The highest BCUT2D eigenvalue weighted by Gasteiger charge is 2.26. The van der Waals surface area contributed by atoms with Gasteiger partial charge >= 0.3 is 11.9 Å². The summed E-state index contributed by atoms with van der Waals surface area (Å²) in [4.78, 5) is 20.5. The molecule has 2 fully saturated rings. The van der Waals surface area contributed by atoms with Gasteiger partial charge in [-0.15, -0.1) is 0 Å². The van der Waals surface area contributed by atoms with Gasteiger partial charge in [0.25, 0.3) is 0 Å². The normalized spacial score (nSPS) is 15.5. The first-order valence-electron chi connectivity index (χ1n) is 25.4. The Labute approximate surface area is 395 Å². The average Bonchev–Trinajstić information content (AvgIpc) is 4.25. The summed E-state index contributed by atoms with van der Waals surface area (Å²) >= 11 is 0. The quantitative estimate of drug-likeness (QED) is 0.0228. The minimum atomic E-state index is -0.885. The van der Waals surface area contributed by atoms with Crippen molar-refractivity contribution in [2.45, 2.75) is 199 Å². The summed E-state index contributed by atoms with van der Waals surface area (Å²) < 4.78 is 21.8. The lowest BCUT2D eigenvalue weighted by Gasteiger charge is -2.26. The summed E-state index contributed by atoms with van der Waals surface area (Å²) in [6, 6.07) is 16.7. The van der Waals surface area contributed by atoms with Crippen molar-refractivity contribution in [3.05, 3.63) is 108 Å². The van der Waals surface area contributed by atoms with Crippen molar-refractivity contribution in [2.24, 2.45) is 0 Å². The van der Waals surface area contributed by atoms with E-state index in [4.69, 9.17) is 29.2 Å². The number of hydrogen-bond donors (Lipinski definition) is 2. The number of benzene rings is 2. The third-order valence-corrected chi connectivity index (χ3v) is 11.6. The highest BCUT2D eigenvalue weighted by atomic mass is 16.6. The Bertz CT molecular complexity index is 1520. The van der Waals surface area contributed by atoms with E-state index < -0.39 is 11.9 Å². The molecular weight excluding hydrogens is 813 g/mol. The minimum absolute atomic E-state index is 0.0870. The van der Waals surface area contributed by atoms with Gasteiger partial charge in [-0.05, 0) is 86.8 Å². The SMILES string of the molecule is CC(C)(c1ccc(OCC2CO2)cc1)c1ccc(OCC2CO2)cc1.CCCCC/C=C\C/C=C\CCCCCCCC(=O)O.CCCCCCCCCCCCC/C=C/C=C/C(=O)O. The lowest BCUT2D eigenvalue weighted by Crippen LogP contribution is -2.18. The molecule has 0 saturated carbocycles. The van der Waals surface area contributed by atoms with E-state index in [0.717, 1.165) is 62.9 Å². The second kappa shape index (κ2) is 38.0. The Morgan fingerprint density at radius 3 is 1.35 bits per heavy atom. The van der Waals surface area contributed by atoms with Crippen molar-refractivity contribution in [1.29, 1.82) is 0 Å². The fourth-order valence-electron chi connectivity index (χ4n) is 7.14. The molecule has 364 valence electrons. The van der Waals surface area contributed by atoms with E-state index in [-0.39, 0.29) is 17.6 Å². The maximum absolute atomic E-state index is 10.3. The molecule has 0 aliphatic carbocycles. The van der Waals surface area contributed by atoms with E-state index in [1.807, 2.05) is 36.4 Å². The molecule has 2 aliphatic rings. The Hall–Kier alpha value is -4.14. The predicted octanol–water partition coefficient (Wildman–Crippen LogP) is 15.3. The van der Waals surface area contributed by atoms with E-state index in [1.54, 1.807) is 6.08 Å². The standard InChI is InChI=1S/C21H24O4.2C18H32O2/c1-21(2,15-3-7-17(8-4-15)22-11-19-13-24-19)16-5-9-18(10-6-16)23-12-20-14-25-20;2*1-2-3-4-5-6-7-8-9-10-11-12-13-14-15-16-17-18(19)20/h3-10,19-20H,11-14H2,1-2H3;14-17H,2-13H2,1H3,(H,19,20);6-7,9-10H,2-5,8,11-17H2,1H3,(H,19,20)/b;15-14+,17-16+;7-6-,10-9-. The van der Waals surface area contributed by atoms with Gasteiger partial charge in [0.05, 0.1) is 13.2 Å². The smallest absolute Gasteiger partial charge is 0.328 e. The van der Waals surface area contributed by atoms with Crippen LogP contribution in [0.25, 0.3) is 0 Å². The number of allylic oxidation sites excluding steroid dienone is 7. The van der Waals surface area contributed by atoms with Crippen LogP contribution in [0.3, 0.4) is 0 Å². The molecule has 0 bridgehead atoms. The number of aliphatic carboxylic acids is 2. The van der Waals surface area contributed by atoms with Gasteiger partial charge < -0.3 is 29.2 Å². The molecule has 0 amide bonds. The van der Waals surface area contributed by atoms with Gasteiger partial charge in [0.2, 0.25) is 0 Å². The number of ether oxygens (including phenoxy) is 4. The summed E-state index contributed by atoms with van der Waals surface area (Å²) in [7, 11) is 0. The van der Waals surface area contributed by atoms with Crippen LogP contribution >= 0.6 is 0 Å². The molecule has 65 heavy (non-hydrogen) atoms. The molecule has 2 unspecified atom stereocenters. The number of carbonyl (C=O) groups is 2. The zero-order valence-electron chi connectivity index (χ0n) is 41.0. The molecule has 2 saturated heterocycles. The zero-order valence-corrected chi connectivity index (χ0v) is 41.0. The molecule has 2 heterocycles. The lowest BCUT2D eigenvalue weighted by atomic mass is 9.78. The van der Waals surface area contributed by atoms with Crippen LogP contribution in [-0.2, 0) is 24.5 Å². The zero-order chi connectivity index (χ0) is 47.1. The molecule has 8 nitrogen and oxygen atoms in total. The maximum atomic E-state index is 10.3. The van der Waals surface area contributed by atoms with Crippen LogP contribution in [0, 0.1) is 0 Å². The van der Waals surface area contributed by atoms with Crippen molar-refractivity contribution >= 4 is 11.9 Å². The largest absolute Gasteiger partial charge is 0.491 e. The summed E-state index contributed by atoms with van der Waals surface area (Å²) in [5, 5.41) is 16.9. The Morgan fingerprint density at radius 2 is 0.938 bits per heavy atom. The van der Waals surface area contributed by atoms with Gasteiger partial charge in [-0.2, -0.15) is 0 Å². The van der Waals surface area contributed by atoms with Gasteiger partial charge in [-0.3, -0.25) is 4.79 Å². The van der Waals surface area contributed by atoms with E-state index in [1.165, 1.54) is 127 Å². The van der Waals surface area contributed by atoms with Crippen molar-refractivity contribution < 1.29 is 38.7 Å². The van der Waals surface area contributed by atoms with Gasteiger partial charge in [-0.1, -0.05) is 191 Å². The lowest BCUT2D eigenvalue weighted by molar-refractivity contribution is -0.137. The second-order valence-corrected chi connectivity index (χ2v) is 18.0. The molecule has 0 aromatic heterocycles. The van der Waals surface area contributed by atoms with E-state index in [0.29, 0.717) is 19.6 Å². The molecule has 2 atom stereocenters. The van der Waals surface area contributed by atoms with Crippen LogP contribution in [0.4, 0.5) is 0 Å². The molecule has 0 radical (unpaired) electrons. The van der Waals surface area contributed by atoms with E-state index in [2.05, 4.69) is 76.3 Å². The summed E-state index contributed by atoms with van der Waals surface area (Å²) in [6.07, 6.45) is 45.5. The van der Waals surface area contributed by atoms with Crippen molar-refractivity contribution in [2.75, 3.05) is 26.4 Å². The minimum Gasteiger partial charge on any atom is -0.491 e. The van der Waals surface area contributed by atoms with Gasteiger partial charge in [-0.25, -0.2) is 4.79 Å². The van der Waals surface area contributed by atoms with Crippen molar-refractivity contribution in [1.82, 2.24) is 0 Å². The molecule has 0 spiro atoms. The fraction of sp³-hybridized carbons (Fsp3) is 0.614. The first kappa shape index (κ1) is 57.0. The van der Waals surface area contributed by atoms with Gasteiger partial charge in [0.1, 0.15) is 36.9 Å². The average molecular weight is 901 g/mol. The molecule has 4 rings (SSSR count). The number of carboxylic acid groups (broad SMARTS) is 2. The first-order valence-corrected chi connectivity index (χ1v) is 25.4. The van der Waals surface area contributed by atoms with Crippen LogP contribution in [0.5, 0.6) is 11.5 Å². The van der Waals surface area contributed by atoms with Gasteiger partial charge in [0, 0.05) is 17.9 Å². The van der Waals surface area contributed by atoms with Crippen molar-refractivity contribution in [3.63, 3.8) is 0 Å². The number of rotatable bonds is 36. The van der Waals surface area contributed by atoms with Crippen LogP contribution in [0.2, 0.25) is 0 Å². The Balaban J connectivity index is 0.000000340. The molecule has 2 aromatic carbocycles. The number of unbranched alkanes of at least 4 members (excludes halogenated alkanes) is 19. The topological polar surface area (TPSA) is 118 Å². The van der Waals surface area contributed by atoms with Crippen LogP contribution in [0.15, 0.2) is 97.1 Å². The summed E-state index contributed by atoms with van der Waals surface area (Å²) in [5.74, 6) is 0.224. The van der Waals surface area contributed by atoms with Crippen molar-refractivity contribution in [3.8, 4) is 11.5 Å². The third-order valence-electron chi connectivity index (χ3n) is 11.6.